The Morgan fingerprint density at radius 3 is 2.55 bits per heavy atom. The van der Waals surface area contributed by atoms with E-state index in [4.69, 9.17) is 4.74 Å². The SMILES string of the molecule is CNc1ncnc(Oc2ccc(SC)cc2)c1[N+](=O)[O-]. The predicted molar refractivity (Wildman–Crippen MR) is 76.5 cm³/mol. The van der Waals surface area contributed by atoms with Crippen LogP contribution in [-0.4, -0.2) is 28.2 Å². The molecule has 20 heavy (non-hydrogen) atoms. The molecule has 0 saturated heterocycles. The van der Waals surface area contributed by atoms with Gasteiger partial charge in [0.15, 0.2) is 0 Å². The highest BCUT2D eigenvalue weighted by atomic mass is 32.2. The lowest BCUT2D eigenvalue weighted by atomic mass is 10.3. The molecular formula is C12H12N4O3S. The van der Waals surface area contributed by atoms with Crippen molar-refractivity contribution < 1.29 is 9.66 Å². The van der Waals surface area contributed by atoms with Crippen molar-refractivity contribution in [2.45, 2.75) is 4.90 Å². The monoisotopic (exact) mass is 292 g/mol. The topological polar surface area (TPSA) is 90.2 Å². The molecule has 0 radical (unpaired) electrons. The maximum Gasteiger partial charge on any atom is 0.373 e. The summed E-state index contributed by atoms with van der Waals surface area (Å²) in [6, 6.07) is 7.20. The number of anilines is 1. The van der Waals surface area contributed by atoms with Crippen LogP contribution in [0.3, 0.4) is 0 Å². The van der Waals surface area contributed by atoms with Crippen LogP contribution in [-0.2, 0) is 0 Å². The van der Waals surface area contributed by atoms with Crippen LogP contribution in [0, 0.1) is 10.1 Å². The summed E-state index contributed by atoms with van der Waals surface area (Å²) in [4.78, 5) is 19.2. The maximum absolute atomic E-state index is 11.1. The van der Waals surface area contributed by atoms with Gasteiger partial charge in [-0.1, -0.05) is 0 Å². The molecule has 0 fully saturated rings. The first-order valence-electron chi connectivity index (χ1n) is 5.64. The average Bonchev–Trinajstić information content (AvgIpc) is 2.47. The van der Waals surface area contributed by atoms with E-state index in [1.165, 1.54) is 6.33 Å². The van der Waals surface area contributed by atoms with E-state index in [2.05, 4.69) is 15.3 Å². The molecule has 0 bridgehead atoms. The zero-order chi connectivity index (χ0) is 14.5. The number of nitro groups is 1. The van der Waals surface area contributed by atoms with Gasteiger partial charge in [-0.25, -0.2) is 4.98 Å². The minimum absolute atomic E-state index is 0.0914. The Kier molecular flexibility index (Phi) is 4.36. The number of rotatable bonds is 5. The molecule has 1 aromatic carbocycles. The van der Waals surface area contributed by atoms with Crippen LogP contribution in [0.5, 0.6) is 11.6 Å². The second-order valence-corrected chi connectivity index (χ2v) is 4.54. The number of hydrogen-bond donors (Lipinski definition) is 1. The lowest BCUT2D eigenvalue weighted by Gasteiger charge is -2.07. The van der Waals surface area contributed by atoms with Crippen LogP contribution in [0.25, 0.3) is 0 Å². The van der Waals surface area contributed by atoms with Crippen LogP contribution < -0.4 is 10.1 Å². The molecule has 104 valence electrons. The molecule has 1 aromatic heterocycles. The van der Waals surface area contributed by atoms with Crippen molar-refractivity contribution >= 4 is 23.3 Å². The molecule has 0 aliphatic heterocycles. The molecule has 0 unspecified atom stereocenters. The van der Waals surface area contributed by atoms with Gasteiger partial charge in [0, 0.05) is 11.9 Å². The van der Waals surface area contributed by atoms with Gasteiger partial charge in [0.25, 0.3) is 0 Å². The number of thioether (sulfide) groups is 1. The van der Waals surface area contributed by atoms with Crippen molar-refractivity contribution in [1.29, 1.82) is 0 Å². The Morgan fingerprint density at radius 1 is 1.30 bits per heavy atom. The molecule has 0 amide bonds. The van der Waals surface area contributed by atoms with E-state index in [1.807, 2.05) is 18.4 Å². The van der Waals surface area contributed by atoms with E-state index < -0.39 is 4.92 Å². The van der Waals surface area contributed by atoms with Gasteiger partial charge in [0.1, 0.15) is 12.1 Å². The first kappa shape index (κ1) is 14.1. The predicted octanol–water partition coefficient (Wildman–Crippen LogP) is 2.94. The fourth-order valence-electron chi connectivity index (χ4n) is 1.54. The Bertz CT molecular complexity index is 619. The summed E-state index contributed by atoms with van der Waals surface area (Å²) in [7, 11) is 1.55. The summed E-state index contributed by atoms with van der Waals surface area (Å²) >= 11 is 1.60. The Hall–Kier alpha value is -2.35. The number of nitrogens with zero attached hydrogens (tertiary/aromatic N) is 3. The summed E-state index contributed by atoms with van der Waals surface area (Å²) in [6.45, 7) is 0. The van der Waals surface area contributed by atoms with Gasteiger partial charge >= 0.3 is 11.6 Å². The fourth-order valence-corrected chi connectivity index (χ4v) is 1.95. The minimum atomic E-state index is -0.572. The Balaban J connectivity index is 2.34. The molecule has 0 spiro atoms. The van der Waals surface area contributed by atoms with Crippen molar-refractivity contribution in [1.82, 2.24) is 9.97 Å². The van der Waals surface area contributed by atoms with Crippen molar-refractivity contribution in [2.24, 2.45) is 0 Å². The molecule has 0 aliphatic rings. The highest BCUT2D eigenvalue weighted by molar-refractivity contribution is 7.98. The lowest BCUT2D eigenvalue weighted by molar-refractivity contribution is -0.385. The zero-order valence-electron chi connectivity index (χ0n) is 10.9. The van der Waals surface area contributed by atoms with E-state index in [0.717, 1.165) is 4.90 Å². The summed E-state index contributed by atoms with van der Waals surface area (Å²) in [5.74, 6) is 0.499. The minimum Gasteiger partial charge on any atom is -0.434 e. The third-order valence-electron chi connectivity index (χ3n) is 2.48. The van der Waals surface area contributed by atoms with Crippen molar-refractivity contribution in [3.05, 3.63) is 40.7 Å². The molecule has 0 aliphatic carbocycles. The Morgan fingerprint density at radius 2 is 2.00 bits per heavy atom. The van der Waals surface area contributed by atoms with E-state index in [9.17, 15) is 10.1 Å². The molecule has 7 nitrogen and oxygen atoms in total. The molecule has 1 heterocycles. The van der Waals surface area contributed by atoms with Gasteiger partial charge in [-0.15, -0.1) is 11.8 Å². The molecule has 2 aromatic rings. The van der Waals surface area contributed by atoms with Gasteiger partial charge in [0.2, 0.25) is 5.82 Å². The first-order valence-corrected chi connectivity index (χ1v) is 6.87. The average molecular weight is 292 g/mol. The fraction of sp³-hybridized carbons (Fsp3) is 0.167. The van der Waals surface area contributed by atoms with Crippen LogP contribution in [0.2, 0.25) is 0 Å². The molecule has 1 N–H and O–H groups in total. The highest BCUT2D eigenvalue weighted by Crippen LogP contribution is 2.33. The zero-order valence-corrected chi connectivity index (χ0v) is 11.7. The third kappa shape index (κ3) is 2.97. The lowest BCUT2D eigenvalue weighted by Crippen LogP contribution is -2.03. The largest absolute Gasteiger partial charge is 0.434 e. The summed E-state index contributed by atoms with van der Waals surface area (Å²) in [5.41, 5.74) is -0.288. The summed E-state index contributed by atoms with van der Waals surface area (Å²) in [6.07, 6.45) is 3.18. The standard InChI is InChI=1S/C12H12N4O3S/c1-13-11-10(16(17)18)12(15-7-14-11)19-8-3-5-9(20-2)6-4-8/h3-7H,1-2H3,(H,13,14,15). The number of nitrogens with one attached hydrogen (secondary N) is 1. The van der Waals surface area contributed by atoms with Crippen LogP contribution in [0.15, 0.2) is 35.5 Å². The van der Waals surface area contributed by atoms with Crippen LogP contribution in [0.4, 0.5) is 11.5 Å². The van der Waals surface area contributed by atoms with Gasteiger partial charge in [-0.05, 0) is 30.5 Å². The van der Waals surface area contributed by atoms with Crippen molar-refractivity contribution in [3.63, 3.8) is 0 Å². The van der Waals surface area contributed by atoms with Crippen LogP contribution >= 0.6 is 11.8 Å². The van der Waals surface area contributed by atoms with E-state index in [1.54, 1.807) is 30.9 Å². The second kappa shape index (κ2) is 6.20. The molecule has 2 rings (SSSR count). The van der Waals surface area contributed by atoms with Gasteiger partial charge < -0.3 is 10.1 Å². The smallest absolute Gasteiger partial charge is 0.373 e. The van der Waals surface area contributed by atoms with Gasteiger partial charge in [0.05, 0.1) is 4.92 Å². The van der Waals surface area contributed by atoms with Gasteiger partial charge in [-0.2, -0.15) is 4.98 Å². The number of aromatic nitrogens is 2. The molecule has 8 heteroatoms. The second-order valence-electron chi connectivity index (χ2n) is 3.66. The van der Waals surface area contributed by atoms with Crippen molar-refractivity contribution in [3.8, 4) is 11.6 Å². The number of benzene rings is 1. The molecule has 0 atom stereocenters. The molecule has 0 saturated carbocycles. The Labute approximate surface area is 119 Å². The quantitative estimate of drug-likeness (QED) is 0.514. The normalized spacial score (nSPS) is 10.1. The van der Waals surface area contributed by atoms with E-state index in [-0.39, 0.29) is 17.4 Å². The van der Waals surface area contributed by atoms with E-state index in [0.29, 0.717) is 5.75 Å². The highest BCUT2D eigenvalue weighted by Gasteiger charge is 2.24. The van der Waals surface area contributed by atoms with E-state index >= 15 is 0 Å². The van der Waals surface area contributed by atoms with Crippen LogP contribution in [0.1, 0.15) is 0 Å². The molecular weight excluding hydrogens is 280 g/mol. The van der Waals surface area contributed by atoms with Gasteiger partial charge in [-0.3, -0.25) is 10.1 Å². The number of hydrogen-bond acceptors (Lipinski definition) is 7. The summed E-state index contributed by atoms with van der Waals surface area (Å²) < 4.78 is 5.47. The third-order valence-corrected chi connectivity index (χ3v) is 3.23. The number of ether oxygens (including phenoxy) is 1. The maximum atomic E-state index is 11.1. The first-order chi connectivity index (χ1) is 9.65. The summed E-state index contributed by atoms with van der Waals surface area (Å²) in [5, 5.41) is 13.7. The van der Waals surface area contributed by atoms with Crippen molar-refractivity contribution in [2.75, 3.05) is 18.6 Å².